The summed E-state index contributed by atoms with van der Waals surface area (Å²) in [5, 5.41) is 23.3. The topological polar surface area (TPSA) is 92.8 Å². The number of carbonyl (C=O) groups is 1. The number of benzene rings is 1. The van der Waals surface area contributed by atoms with Crippen LogP contribution < -0.4 is 10.1 Å². The lowest BCUT2D eigenvalue weighted by molar-refractivity contribution is -0.113. The van der Waals surface area contributed by atoms with Gasteiger partial charge in [0.15, 0.2) is 17.1 Å². The predicted molar refractivity (Wildman–Crippen MR) is 145 cm³/mol. The van der Waals surface area contributed by atoms with E-state index < -0.39 is 0 Å². The Balaban J connectivity index is 1.42. The van der Waals surface area contributed by atoms with Gasteiger partial charge in [-0.25, -0.2) is 0 Å². The molecule has 1 atom stereocenters. The minimum absolute atomic E-state index is 0.159. The van der Waals surface area contributed by atoms with Crippen LogP contribution >= 0.6 is 34.7 Å². The maximum Gasteiger partial charge on any atom is 0.235 e. The zero-order valence-corrected chi connectivity index (χ0v) is 23.2. The Labute approximate surface area is 225 Å². The fourth-order valence-electron chi connectivity index (χ4n) is 4.37. The predicted octanol–water partition coefficient (Wildman–Crippen LogP) is 6.72. The number of carbonyl (C=O) groups excluding carboxylic acids is 1. The van der Waals surface area contributed by atoms with Crippen molar-refractivity contribution in [2.75, 3.05) is 11.1 Å². The number of halogens is 1. The Morgan fingerprint density at radius 3 is 2.83 bits per heavy atom. The fraction of sp³-hybridized carbons (Fsp3) is 0.462. The van der Waals surface area contributed by atoms with E-state index >= 15 is 0 Å². The number of hydrogen-bond donors (Lipinski definition) is 1. The summed E-state index contributed by atoms with van der Waals surface area (Å²) in [6.45, 7) is 6.53. The number of nitrogens with one attached hydrogen (secondary N) is 1. The summed E-state index contributed by atoms with van der Waals surface area (Å²) in [6.07, 6.45) is 6.16. The highest BCUT2D eigenvalue weighted by Crippen LogP contribution is 2.37. The van der Waals surface area contributed by atoms with Gasteiger partial charge in [-0.2, -0.15) is 5.26 Å². The fourth-order valence-corrected chi connectivity index (χ4v) is 6.59. The standard InChI is InChI=1S/C26H30ClN5O2S2/c1-4-32-24(17(3)34-21-13-16(2)11-12-20(21)27)30-31-26(32)35-15-23(33)29-25-19(14-28)18-9-7-5-6-8-10-22(18)36-25/h11-13,17H,4-10,15H2,1-3H3,(H,29,33). The lowest BCUT2D eigenvalue weighted by Gasteiger charge is -2.16. The third-order valence-corrected chi connectivity index (χ3v) is 8.67. The van der Waals surface area contributed by atoms with Crippen LogP contribution in [0, 0.1) is 18.3 Å². The Morgan fingerprint density at radius 1 is 1.31 bits per heavy atom. The number of amides is 1. The van der Waals surface area contributed by atoms with Crippen molar-refractivity contribution in [1.82, 2.24) is 14.8 Å². The van der Waals surface area contributed by atoms with Crippen molar-refractivity contribution in [2.24, 2.45) is 0 Å². The molecule has 0 saturated carbocycles. The van der Waals surface area contributed by atoms with Gasteiger partial charge in [-0.1, -0.05) is 42.3 Å². The zero-order chi connectivity index (χ0) is 25.7. The molecule has 0 bridgehead atoms. The van der Waals surface area contributed by atoms with Crippen LogP contribution in [-0.2, 0) is 24.2 Å². The molecule has 0 fully saturated rings. The van der Waals surface area contributed by atoms with Crippen molar-refractivity contribution >= 4 is 45.6 Å². The summed E-state index contributed by atoms with van der Waals surface area (Å²) in [6, 6.07) is 7.97. The number of nitriles is 1. The van der Waals surface area contributed by atoms with Gasteiger partial charge in [-0.05, 0) is 69.7 Å². The summed E-state index contributed by atoms with van der Waals surface area (Å²) >= 11 is 9.17. The minimum atomic E-state index is -0.372. The van der Waals surface area contributed by atoms with E-state index in [0.29, 0.717) is 38.9 Å². The number of thiophene rings is 1. The summed E-state index contributed by atoms with van der Waals surface area (Å²) in [5.74, 6) is 1.28. The molecule has 0 saturated heterocycles. The number of hydrogen-bond acceptors (Lipinski definition) is 7. The maximum atomic E-state index is 12.8. The molecule has 0 radical (unpaired) electrons. The van der Waals surface area contributed by atoms with Crippen LogP contribution in [0.4, 0.5) is 5.00 Å². The number of fused-ring (bicyclic) bond motifs is 1. The van der Waals surface area contributed by atoms with E-state index in [2.05, 4.69) is 21.6 Å². The Bertz CT molecular complexity index is 1280. The van der Waals surface area contributed by atoms with Crippen LogP contribution in [-0.4, -0.2) is 26.4 Å². The van der Waals surface area contributed by atoms with Gasteiger partial charge in [0.2, 0.25) is 5.91 Å². The average molecular weight is 544 g/mol. The molecule has 1 amide bonds. The van der Waals surface area contributed by atoms with E-state index in [0.717, 1.165) is 36.8 Å². The SMILES string of the molecule is CCn1c(SCC(=O)Nc2sc3c(c2C#N)CCCCCC3)nnc1C(C)Oc1cc(C)ccc1Cl. The van der Waals surface area contributed by atoms with Crippen LogP contribution in [0.15, 0.2) is 23.4 Å². The van der Waals surface area contributed by atoms with Crippen LogP contribution in [0.25, 0.3) is 0 Å². The third kappa shape index (κ3) is 6.05. The van der Waals surface area contributed by atoms with E-state index in [9.17, 15) is 10.1 Å². The molecule has 3 aromatic rings. The van der Waals surface area contributed by atoms with Crippen molar-refractivity contribution in [3.63, 3.8) is 0 Å². The van der Waals surface area contributed by atoms with E-state index in [-0.39, 0.29) is 17.8 Å². The van der Waals surface area contributed by atoms with E-state index in [1.54, 1.807) is 11.3 Å². The molecule has 2 aromatic heterocycles. The van der Waals surface area contributed by atoms with E-state index in [4.69, 9.17) is 16.3 Å². The number of nitrogens with zero attached hydrogens (tertiary/aromatic N) is 4. The van der Waals surface area contributed by atoms with Gasteiger partial charge in [-0.3, -0.25) is 4.79 Å². The molecule has 10 heteroatoms. The van der Waals surface area contributed by atoms with Crippen molar-refractivity contribution in [3.05, 3.63) is 50.6 Å². The highest BCUT2D eigenvalue weighted by molar-refractivity contribution is 7.99. The molecule has 0 aliphatic heterocycles. The van der Waals surface area contributed by atoms with Crippen molar-refractivity contribution in [2.45, 2.75) is 77.1 Å². The molecule has 1 aromatic carbocycles. The number of aromatic nitrogens is 3. The zero-order valence-electron chi connectivity index (χ0n) is 20.8. The Kier molecular flexibility index (Phi) is 8.94. The van der Waals surface area contributed by atoms with Gasteiger partial charge in [0.25, 0.3) is 0 Å². The summed E-state index contributed by atoms with van der Waals surface area (Å²) in [4.78, 5) is 14.1. The van der Waals surface area contributed by atoms with Crippen molar-refractivity contribution in [1.29, 1.82) is 5.26 Å². The molecule has 1 N–H and O–H groups in total. The summed E-state index contributed by atoms with van der Waals surface area (Å²) in [7, 11) is 0. The van der Waals surface area contributed by atoms with Crippen LogP contribution in [0.1, 0.15) is 73.0 Å². The lowest BCUT2D eigenvalue weighted by Crippen LogP contribution is -2.15. The van der Waals surface area contributed by atoms with Crippen LogP contribution in [0.2, 0.25) is 5.02 Å². The van der Waals surface area contributed by atoms with Gasteiger partial charge in [0.1, 0.15) is 16.8 Å². The number of thioether (sulfide) groups is 1. The minimum Gasteiger partial charge on any atom is -0.481 e. The highest BCUT2D eigenvalue weighted by Gasteiger charge is 2.23. The first kappa shape index (κ1) is 26.5. The molecule has 190 valence electrons. The second-order valence-corrected chi connectivity index (χ2v) is 11.3. The molecule has 2 heterocycles. The molecule has 4 rings (SSSR count). The Hall–Kier alpha value is -2.54. The van der Waals surface area contributed by atoms with Gasteiger partial charge in [-0.15, -0.1) is 21.5 Å². The molecule has 1 unspecified atom stereocenters. The number of ether oxygens (including phenoxy) is 1. The largest absolute Gasteiger partial charge is 0.481 e. The summed E-state index contributed by atoms with van der Waals surface area (Å²) < 4.78 is 8.03. The monoisotopic (exact) mass is 543 g/mol. The quantitative estimate of drug-likeness (QED) is 0.317. The number of anilines is 1. The first-order chi connectivity index (χ1) is 17.4. The molecular weight excluding hydrogens is 514 g/mol. The first-order valence-corrected chi connectivity index (χ1v) is 14.4. The van der Waals surface area contributed by atoms with E-state index in [1.807, 2.05) is 43.5 Å². The van der Waals surface area contributed by atoms with Crippen molar-refractivity contribution < 1.29 is 9.53 Å². The number of aryl methyl sites for hydroxylation is 2. The van der Waals surface area contributed by atoms with Crippen molar-refractivity contribution in [3.8, 4) is 11.8 Å². The lowest BCUT2D eigenvalue weighted by atomic mass is 9.97. The van der Waals surface area contributed by atoms with Gasteiger partial charge < -0.3 is 14.6 Å². The normalized spacial score (nSPS) is 14.3. The van der Waals surface area contributed by atoms with E-state index in [1.165, 1.54) is 29.5 Å². The molecular formula is C26H30ClN5O2S2. The second-order valence-electron chi connectivity index (χ2n) is 8.85. The molecule has 7 nitrogen and oxygen atoms in total. The molecule has 1 aliphatic rings. The van der Waals surface area contributed by atoms with Gasteiger partial charge >= 0.3 is 0 Å². The maximum absolute atomic E-state index is 12.8. The first-order valence-electron chi connectivity index (χ1n) is 12.2. The molecule has 36 heavy (non-hydrogen) atoms. The summed E-state index contributed by atoms with van der Waals surface area (Å²) in [5.41, 5.74) is 2.82. The third-order valence-electron chi connectivity index (χ3n) is 6.18. The Morgan fingerprint density at radius 2 is 2.08 bits per heavy atom. The smallest absolute Gasteiger partial charge is 0.235 e. The van der Waals surface area contributed by atoms with Gasteiger partial charge in [0.05, 0.1) is 16.3 Å². The van der Waals surface area contributed by atoms with Crippen LogP contribution in [0.3, 0.4) is 0 Å². The van der Waals surface area contributed by atoms with Gasteiger partial charge in [0, 0.05) is 11.4 Å². The average Bonchev–Trinajstić information content (AvgIpc) is 3.40. The number of rotatable bonds is 8. The highest BCUT2D eigenvalue weighted by atomic mass is 35.5. The molecule has 0 spiro atoms. The molecule has 1 aliphatic carbocycles. The van der Waals surface area contributed by atoms with Crippen LogP contribution in [0.5, 0.6) is 5.75 Å². The second kappa shape index (κ2) is 12.1.